The summed E-state index contributed by atoms with van der Waals surface area (Å²) in [6, 6.07) is 19.4. The summed E-state index contributed by atoms with van der Waals surface area (Å²) < 4.78 is 0. The highest BCUT2D eigenvalue weighted by Gasteiger charge is 2.50. The van der Waals surface area contributed by atoms with E-state index in [0.29, 0.717) is 27.6 Å². The Kier molecular flexibility index (Phi) is 5.46. The summed E-state index contributed by atoms with van der Waals surface area (Å²) in [5.74, 6) is -0.776. The molecule has 0 spiro atoms. The van der Waals surface area contributed by atoms with Gasteiger partial charge in [0.15, 0.2) is 10.8 Å². The molecule has 0 aromatic heterocycles. The van der Waals surface area contributed by atoms with Crippen LogP contribution in [0.25, 0.3) is 4.85 Å². The molecule has 36 heavy (non-hydrogen) atoms. The van der Waals surface area contributed by atoms with Crippen molar-refractivity contribution >= 4 is 52.1 Å². The van der Waals surface area contributed by atoms with Crippen molar-refractivity contribution in [3.8, 4) is 0 Å². The van der Waals surface area contributed by atoms with Gasteiger partial charge in [0, 0.05) is 11.4 Å². The molecule has 1 fully saturated rings. The Labute approximate surface area is 214 Å². The lowest BCUT2D eigenvalue weighted by Crippen LogP contribution is -2.44. The Morgan fingerprint density at radius 2 is 1.47 bits per heavy atom. The number of carbonyl (C=O) groups excluding carboxylic acids is 3. The van der Waals surface area contributed by atoms with Crippen molar-refractivity contribution in [1.29, 1.82) is 0 Å². The van der Waals surface area contributed by atoms with Gasteiger partial charge in [0.25, 0.3) is 17.7 Å². The van der Waals surface area contributed by atoms with Gasteiger partial charge in [-0.2, -0.15) is 0 Å². The zero-order chi connectivity index (χ0) is 25.8. The Bertz CT molecular complexity index is 1470. The van der Waals surface area contributed by atoms with E-state index < -0.39 is 5.54 Å². The molecule has 3 amide bonds. The molecule has 2 aliphatic rings. The summed E-state index contributed by atoms with van der Waals surface area (Å²) in [6.07, 6.45) is 0. The fourth-order valence-corrected chi connectivity index (χ4v) is 5.20. The van der Waals surface area contributed by atoms with Crippen molar-refractivity contribution in [1.82, 2.24) is 4.90 Å². The third-order valence-electron chi connectivity index (χ3n) is 6.64. The van der Waals surface area contributed by atoms with Gasteiger partial charge in [0.2, 0.25) is 0 Å². The average Bonchev–Trinajstić information content (AvgIpc) is 3.20. The number of thiocarbonyl (C=S) groups is 1. The standard InChI is InChI=1S/C28H22N4O3S/c1-17-15-20(13-14-23(17)29-4)31-26(35)28(2,3)32(27(31)36)19-11-9-18(10-12-19)16-30-24(33)21-7-5-6-8-22(21)25(30)34/h5-15H,16H2,1-3H3. The lowest BCUT2D eigenvalue weighted by atomic mass is 10.0. The number of fused-ring (bicyclic) bond motifs is 1. The Morgan fingerprint density at radius 1 is 0.889 bits per heavy atom. The number of anilines is 2. The third-order valence-corrected chi connectivity index (χ3v) is 7.01. The first kappa shape index (κ1) is 23.4. The maximum absolute atomic E-state index is 13.4. The van der Waals surface area contributed by atoms with Crippen LogP contribution in [0.15, 0.2) is 66.7 Å². The molecule has 0 aliphatic carbocycles. The number of hydrogen-bond donors (Lipinski definition) is 0. The normalized spacial score (nSPS) is 16.6. The highest BCUT2D eigenvalue weighted by Crippen LogP contribution is 2.37. The fourth-order valence-electron chi connectivity index (χ4n) is 4.68. The lowest BCUT2D eigenvalue weighted by molar-refractivity contribution is -0.120. The minimum absolute atomic E-state index is 0.151. The summed E-state index contributed by atoms with van der Waals surface area (Å²) in [5, 5.41) is 0.341. The van der Waals surface area contributed by atoms with Crippen molar-refractivity contribution in [3.63, 3.8) is 0 Å². The van der Waals surface area contributed by atoms with E-state index in [4.69, 9.17) is 18.8 Å². The minimum atomic E-state index is -0.937. The zero-order valence-corrected chi connectivity index (χ0v) is 20.8. The highest BCUT2D eigenvalue weighted by molar-refractivity contribution is 7.81. The van der Waals surface area contributed by atoms with Crippen molar-refractivity contribution in [3.05, 3.63) is 100 Å². The third kappa shape index (κ3) is 3.48. The van der Waals surface area contributed by atoms with Gasteiger partial charge in [-0.15, -0.1) is 0 Å². The number of benzene rings is 3. The molecule has 2 aliphatic heterocycles. The predicted octanol–water partition coefficient (Wildman–Crippen LogP) is 5.26. The van der Waals surface area contributed by atoms with E-state index in [1.807, 2.05) is 45.0 Å². The number of aryl methyl sites for hydroxylation is 1. The number of amides is 3. The molecule has 2 heterocycles. The largest absolute Gasteiger partial charge is 0.304 e. The topological polar surface area (TPSA) is 65.3 Å². The number of carbonyl (C=O) groups is 3. The van der Waals surface area contributed by atoms with Crippen molar-refractivity contribution in [2.24, 2.45) is 0 Å². The number of rotatable bonds is 4. The van der Waals surface area contributed by atoms with Crippen molar-refractivity contribution < 1.29 is 14.4 Å². The van der Waals surface area contributed by atoms with Gasteiger partial charge in [-0.25, -0.2) is 4.85 Å². The predicted molar refractivity (Wildman–Crippen MR) is 141 cm³/mol. The maximum atomic E-state index is 13.4. The SMILES string of the molecule is [C-]#[N+]c1ccc(N2C(=O)C(C)(C)N(c3ccc(CN4C(=O)c5ccccc5C4=O)cc3)C2=S)cc1C. The molecule has 1 saturated heterocycles. The molecule has 0 saturated carbocycles. The molecule has 178 valence electrons. The molecule has 0 N–H and O–H groups in total. The average molecular weight is 495 g/mol. The second kappa shape index (κ2) is 8.40. The highest BCUT2D eigenvalue weighted by atomic mass is 32.1. The quantitative estimate of drug-likeness (QED) is 0.281. The maximum Gasteiger partial charge on any atom is 0.261 e. The van der Waals surface area contributed by atoms with Gasteiger partial charge >= 0.3 is 0 Å². The summed E-state index contributed by atoms with van der Waals surface area (Å²) in [6.45, 7) is 12.9. The van der Waals surface area contributed by atoms with E-state index in [1.165, 1.54) is 9.80 Å². The molecule has 5 rings (SSSR count). The Morgan fingerprint density at radius 3 is 2.03 bits per heavy atom. The monoisotopic (exact) mass is 494 g/mol. The zero-order valence-electron chi connectivity index (χ0n) is 20.0. The lowest BCUT2D eigenvalue weighted by Gasteiger charge is -2.29. The van der Waals surface area contributed by atoms with Crippen LogP contribution < -0.4 is 9.80 Å². The molecule has 0 atom stereocenters. The molecular formula is C28H22N4O3S. The van der Waals surface area contributed by atoms with Crippen LogP contribution in [0.3, 0.4) is 0 Å². The van der Waals surface area contributed by atoms with Gasteiger partial charge in [-0.3, -0.25) is 24.2 Å². The van der Waals surface area contributed by atoms with Crippen LogP contribution in [0.1, 0.15) is 45.7 Å². The van der Waals surface area contributed by atoms with Crippen LogP contribution in [0, 0.1) is 13.5 Å². The van der Waals surface area contributed by atoms with E-state index in [-0.39, 0.29) is 24.3 Å². The first-order valence-corrected chi connectivity index (χ1v) is 11.8. The molecule has 3 aromatic carbocycles. The number of nitrogens with zero attached hydrogens (tertiary/aromatic N) is 4. The molecular weight excluding hydrogens is 472 g/mol. The Balaban J connectivity index is 1.40. The van der Waals surface area contributed by atoms with Crippen LogP contribution >= 0.6 is 12.2 Å². The van der Waals surface area contributed by atoms with Crippen molar-refractivity contribution in [2.75, 3.05) is 9.80 Å². The van der Waals surface area contributed by atoms with Crippen LogP contribution in [-0.2, 0) is 11.3 Å². The van der Waals surface area contributed by atoms with Gasteiger partial charge in [-0.1, -0.05) is 30.3 Å². The number of hydrogen-bond acceptors (Lipinski definition) is 4. The second-order valence-electron chi connectivity index (χ2n) is 9.31. The van der Waals surface area contributed by atoms with E-state index in [0.717, 1.165) is 16.8 Å². The van der Waals surface area contributed by atoms with E-state index in [1.54, 1.807) is 47.4 Å². The summed E-state index contributed by atoms with van der Waals surface area (Å²) in [5.41, 5.74) is 3.32. The molecule has 0 bridgehead atoms. The van der Waals surface area contributed by atoms with Crippen molar-refractivity contribution in [2.45, 2.75) is 32.9 Å². The first-order valence-electron chi connectivity index (χ1n) is 11.4. The first-order chi connectivity index (χ1) is 17.1. The van der Waals surface area contributed by atoms with Crippen LogP contribution in [0.2, 0.25) is 0 Å². The van der Waals surface area contributed by atoms with Crippen LogP contribution in [0.4, 0.5) is 17.1 Å². The fraction of sp³-hybridized carbons (Fsp3) is 0.179. The van der Waals surface area contributed by atoms with E-state index >= 15 is 0 Å². The van der Waals surface area contributed by atoms with Gasteiger partial charge in [0.1, 0.15) is 5.54 Å². The molecule has 3 aromatic rings. The summed E-state index contributed by atoms with van der Waals surface area (Å²) in [7, 11) is 0. The van der Waals surface area contributed by atoms with Gasteiger partial charge in [0.05, 0.1) is 24.2 Å². The molecule has 8 heteroatoms. The smallest absolute Gasteiger partial charge is 0.261 e. The van der Waals surface area contributed by atoms with Crippen LogP contribution in [-0.4, -0.2) is 33.3 Å². The molecule has 0 radical (unpaired) electrons. The molecule has 7 nitrogen and oxygen atoms in total. The summed E-state index contributed by atoms with van der Waals surface area (Å²) in [4.78, 5) is 46.9. The van der Waals surface area contributed by atoms with Gasteiger partial charge in [-0.05, 0) is 80.5 Å². The van der Waals surface area contributed by atoms with Gasteiger partial charge < -0.3 is 4.90 Å². The molecule has 0 unspecified atom stereocenters. The van der Waals surface area contributed by atoms with E-state index in [9.17, 15) is 14.4 Å². The van der Waals surface area contributed by atoms with E-state index in [2.05, 4.69) is 4.85 Å². The Hall–Kier alpha value is -4.35. The minimum Gasteiger partial charge on any atom is -0.304 e. The number of imide groups is 1. The second-order valence-corrected chi connectivity index (χ2v) is 9.67. The van der Waals surface area contributed by atoms with Crippen LogP contribution in [0.5, 0.6) is 0 Å². The summed E-state index contributed by atoms with van der Waals surface area (Å²) >= 11 is 5.75.